The maximum Gasteiger partial charge on any atom is 0.0674 e. The van der Waals surface area contributed by atoms with E-state index in [-0.39, 0.29) is 5.54 Å². The fourth-order valence-corrected chi connectivity index (χ4v) is 2.76. The van der Waals surface area contributed by atoms with Gasteiger partial charge in [0.15, 0.2) is 0 Å². The van der Waals surface area contributed by atoms with E-state index < -0.39 is 0 Å². The fraction of sp³-hybridized carbons (Fsp3) is 1.00. The molecule has 0 radical (unpaired) electrons. The van der Waals surface area contributed by atoms with Crippen molar-refractivity contribution in [2.45, 2.75) is 37.5 Å². The lowest BCUT2D eigenvalue weighted by Gasteiger charge is -2.55. The molecule has 2 N–H and O–H groups in total. The first kappa shape index (κ1) is 11.3. The molecule has 0 amide bonds. The lowest BCUT2D eigenvalue weighted by atomic mass is 9.72. The van der Waals surface area contributed by atoms with E-state index in [1.807, 2.05) is 0 Å². The summed E-state index contributed by atoms with van der Waals surface area (Å²) >= 11 is 0. The molecule has 1 atom stereocenters. The zero-order valence-electron chi connectivity index (χ0n) is 9.74. The number of hydrogen-bond acceptors (Lipinski definition) is 4. The van der Waals surface area contributed by atoms with Crippen LogP contribution in [0.3, 0.4) is 0 Å². The van der Waals surface area contributed by atoms with Crippen molar-refractivity contribution in [3.63, 3.8) is 0 Å². The maximum absolute atomic E-state index is 5.92. The van der Waals surface area contributed by atoms with E-state index in [9.17, 15) is 0 Å². The monoisotopic (exact) mass is 214 g/mol. The van der Waals surface area contributed by atoms with Crippen molar-refractivity contribution < 1.29 is 9.47 Å². The van der Waals surface area contributed by atoms with Crippen molar-refractivity contribution in [2.24, 2.45) is 5.73 Å². The van der Waals surface area contributed by atoms with Gasteiger partial charge in [0, 0.05) is 32.3 Å². The SMILES string of the molecule is COC1CC(CN)(N2CCOC(C)C2)C1. The summed E-state index contributed by atoms with van der Waals surface area (Å²) in [5.74, 6) is 0. The van der Waals surface area contributed by atoms with Gasteiger partial charge in [-0.05, 0) is 19.8 Å². The van der Waals surface area contributed by atoms with E-state index in [2.05, 4.69) is 11.8 Å². The molecule has 1 heterocycles. The zero-order valence-corrected chi connectivity index (χ0v) is 9.74. The quantitative estimate of drug-likeness (QED) is 0.730. The first-order chi connectivity index (χ1) is 7.20. The van der Waals surface area contributed by atoms with Crippen molar-refractivity contribution in [3.8, 4) is 0 Å². The number of nitrogens with two attached hydrogens (primary N) is 1. The zero-order chi connectivity index (χ0) is 10.9. The third-order valence-electron chi connectivity index (χ3n) is 3.84. The second-order valence-electron chi connectivity index (χ2n) is 4.82. The largest absolute Gasteiger partial charge is 0.381 e. The molecule has 88 valence electrons. The highest BCUT2D eigenvalue weighted by Gasteiger charge is 2.48. The van der Waals surface area contributed by atoms with Crippen LogP contribution in [0.15, 0.2) is 0 Å². The molecule has 1 aliphatic heterocycles. The molecule has 4 heteroatoms. The number of nitrogens with zero attached hydrogens (tertiary/aromatic N) is 1. The molecule has 0 aromatic carbocycles. The minimum Gasteiger partial charge on any atom is -0.381 e. The maximum atomic E-state index is 5.92. The highest BCUT2D eigenvalue weighted by molar-refractivity contribution is 5.05. The summed E-state index contributed by atoms with van der Waals surface area (Å²) < 4.78 is 10.9. The van der Waals surface area contributed by atoms with Crippen LogP contribution in [0.1, 0.15) is 19.8 Å². The summed E-state index contributed by atoms with van der Waals surface area (Å²) in [5, 5.41) is 0. The van der Waals surface area contributed by atoms with Crippen molar-refractivity contribution in [1.29, 1.82) is 0 Å². The summed E-state index contributed by atoms with van der Waals surface area (Å²) in [7, 11) is 1.78. The standard InChI is InChI=1S/C11H22N2O2/c1-9-7-13(3-4-15-9)11(8-12)5-10(6-11)14-2/h9-10H,3-8,12H2,1-2H3. The van der Waals surface area contributed by atoms with Crippen LogP contribution < -0.4 is 5.73 Å². The Morgan fingerprint density at radius 2 is 2.27 bits per heavy atom. The lowest BCUT2D eigenvalue weighted by Crippen LogP contribution is -2.66. The van der Waals surface area contributed by atoms with Crippen LogP contribution in [0.2, 0.25) is 0 Å². The van der Waals surface area contributed by atoms with Gasteiger partial charge in [0.2, 0.25) is 0 Å². The normalized spacial score (nSPS) is 42.6. The number of methoxy groups -OCH3 is 1. The summed E-state index contributed by atoms with van der Waals surface area (Å²) in [6.07, 6.45) is 2.90. The van der Waals surface area contributed by atoms with Gasteiger partial charge in [0.1, 0.15) is 0 Å². The Morgan fingerprint density at radius 3 is 2.80 bits per heavy atom. The Kier molecular flexibility index (Phi) is 3.30. The van der Waals surface area contributed by atoms with Crippen molar-refractivity contribution in [3.05, 3.63) is 0 Å². The van der Waals surface area contributed by atoms with E-state index in [0.29, 0.717) is 12.2 Å². The lowest BCUT2D eigenvalue weighted by molar-refractivity contribution is -0.129. The third kappa shape index (κ3) is 2.04. The Labute approximate surface area is 91.7 Å². The molecule has 4 nitrogen and oxygen atoms in total. The van der Waals surface area contributed by atoms with Gasteiger partial charge < -0.3 is 15.2 Å². The molecule has 1 saturated carbocycles. The van der Waals surface area contributed by atoms with Crippen molar-refractivity contribution >= 4 is 0 Å². The Bertz CT molecular complexity index is 217. The molecule has 1 aliphatic carbocycles. The van der Waals surface area contributed by atoms with Gasteiger partial charge in [-0.3, -0.25) is 4.90 Å². The molecule has 2 rings (SSSR count). The van der Waals surface area contributed by atoms with E-state index in [4.69, 9.17) is 15.2 Å². The summed E-state index contributed by atoms with van der Waals surface area (Å²) in [6, 6.07) is 0. The fourth-order valence-electron chi connectivity index (χ4n) is 2.76. The van der Waals surface area contributed by atoms with Gasteiger partial charge in [0.05, 0.1) is 18.8 Å². The molecule has 1 unspecified atom stereocenters. The van der Waals surface area contributed by atoms with Crippen LogP contribution in [0.25, 0.3) is 0 Å². The number of rotatable bonds is 3. The minimum absolute atomic E-state index is 0.193. The highest BCUT2D eigenvalue weighted by atomic mass is 16.5. The van der Waals surface area contributed by atoms with Crippen molar-refractivity contribution in [2.75, 3.05) is 33.4 Å². The van der Waals surface area contributed by atoms with Gasteiger partial charge in [-0.2, -0.15) is 0 Å². The van der Waals surface area contributed by atoms with Gasteiger partial charge in [0.25, 0.3) is 0 Å². The predicted molar refractivity (Wildman–Crippen MR) is 58.8 cm³/mol. The van der Waals surface area contributed by atoms with Crippen LogP contribution in [0, 0.1) is 0 Å². The topological polar surface area (TPSA) is 47.7 Å². The summed E-state index contributed by atoms with van der Waals surface area (Å²) in [6.45, 7) is 5.72. The molecule has 0 aromatic heterocycles. The minimum atomic E-state index is 0.193. The smallest absolute Gasteiger partial charge is 0.0674 e. The second-order valence-corrected chi connectivity index (χ2v) is 4.82. The molecule has 0 aromatic rings. The van der Waals surface area contributed by atoms with Gasteiger partial charge in [-0.1, -0.05) is 0 Å². The summed E-state index contributed by atoms with van der Waals surface area (Å²) in [4.78, 5) is 2.50. The van der Waals surface area contributed by atoms with Crippen molar-refractivity contribution in [1.82, 2.24) is 4.90 Å². The predicted octanol–water partition coefficient (Wildman–Crippen LogP) is 0.213. The van der Waals surface area contributed by atoms with Gasteiger partial charge >= 0.3 is 0 Å². The van der Waals surface area contributed by atoms with E-state index in [0.717, 1.165) is 39.1 Å². The average Bonchev–Trinajstić information content (AvgIpc) is 2.18. The van der Waals surface area contributed by atoms with E-state index in [1.54, 1.807) is 7.11 Å². The van der Waals surface area contributed by atoms with E-state index >= 15 is 0 Å². The van der Waals surface area contributed by atoms with Gasteiger partial charge in [-0.25, -0.2) is 0 Å². The Morgan fingerprint density at radius 1 is 1.53 bits per heavy atom. The third-order valence-corrected chi connectivity index (χ3v) is 3.84. The summed E-state index contributed by atoms with van der Waals surface area (Å²) in [5.41, 5.74) is 6.12. The Hall–Kier alpha value is -0.160. The molecular weight excluding hydrogens is 192 g/mol. The molecule has 15 heavy (non-hydrogen) atoms. The molecule has 2 fully saturated rings. The number of morpholine rings is 1. The van der Waals surface area contributed by atoms with E-state index in [1.165, 1.54) is 0 Å². The Balaban J connectivity index is 1.95. The molecule has 0 spiro atoms. The van der Waals surface area contributed by atoms with Crippen LogP contribution in [0.5, 0.6) is 0 Å². The molecule has 1 saturated heterocycles. The average molecular weight is 214 g/mol. The van der Waals surface area contributed by atoms with Crippen LogP contribution in [0.4, 0.5) is 0 Å². The molecular formula is C11H22N2O2. The van der Waals surface area contributed by atoms with Crippen LogP contribution in [-0.4, -0.2) is 56.0 Å². The number of hydrogen-bond donors (Lipinski definition) is 1. The second kappa shape index (κ2) is 4.37. The molecule has 2 aliphatic rings. The first-order valence-electron chi connectivity index (χ1n) is 5.80. The van der Waals surface area contributed by atoms with Gasteiger partial charge in [-0.15, -0.1) is 0 Å². The van der Waals surface area contributed by atoms with Crippen LogP contribution in [-0.2, 0) is 9.47 Å². The molecule has 0 bridgehead atoms. The van der Waals surface area contributed by atoms with Crippen LogP contribution >= 0.6 is 0 Å². The first-order valence-corrected chi connectivity index (χ1v) is 5.80. The number of ether oxygens (including phenoxy) is 2. The highest BCUT2D eigenvalue weighted by Crippen LogP contribution is 2.39.